The van der Waals surface area contributed by atoms with E-state index in [2.05, 4.69) is 15.3 Å². The van der Waals surface area contributed by atoms with Gasteiger partial charge >= 0.3 is 0 Å². The molecule has 0 aliphatic rings. The normalized spacial score (nSPS) is 11.8. The number of aliphatic hydroxyl groups is 1. The highest BCUT2D eigenvalue weighted by Crippen LogP contribution is 1.99. The van der Waals surface area contributed by atoms with Crippen LogP contribution in [0.1, 0.15) is 19.0 Å². The third-order valence-corrected chi connectivity index (χ3v) is 1.74. The SMILES string of the molecule is CCC(O)CNc1nccc(C#N)n1. The maximum Gasteiger partial charge on any atom is 0.223 e. The van der Waals surface area contributed by atoms with E-state index >= 15 is 0 Å². The Hall–Kier alpha value is -1.67. The van der Waals surface area contributed by atoms with Gasteiger partial charge in [-0.2, -0.15) is 5.26 Å². The van der Waals surface area contributed by atoms with Gasteiger partial charge in [-0.15, -0.1) is 0 Å². The lowest BCUT2D eigenvalue weighted by Crippen LogP contribution is -2.19. The van der Waals surface area contributed by atoms with Gasteiger partial charge in [-0.1, -0.05) is 6.92 Å². The van der Waals surface area contributed by atoms with E-state index in [0.717, 1.165) is 0 Å². The molecule has 1 rings (SSSR count). The maximum absolute atomic E-state index is 9.26. The summed E-state index contributed by atoms with van der Waals surface area (Å²) in [5, 5.41) is 20.7. The zero-order valence-corrected chi connectivity index (χ0v) is 7.94. The number of nitriles is 1. The summed E-state index contributed by atoms with van der Waals surface area (Å²) in [6.45, 7) is 2.28. The van der Waals surface area contributed by atoms with E-state index in [1.54, 1.807) is 0 Å². The van der Waals surface area contributed by atoms with Crippen molar-refractivity contribution in [3.63, 3.8) is 0 Å². The molecule has 1 aromatic rings. The van der Waals surface area contributed by atoms with E-state index < -0.39 is 6.10 Å². The zero-order chi connectivity index (χ0) is 10.4. The summed E-state index contributed by atoms with van der Waals surface area (Å²) >= 11 is 0. The smallest absolute Gasteiger partial charge is 0.223 e. The Morgan fingerprint density at radius 1 is 1.71 bits per heavy atom. The first-order chi connectivity index (χ1) is 6.76. The summed E-state index contributed by atoms with van der Waals surface area (Å²) in [5.41, 5.74) is 0.313. The van der Waals surface area contributed by atoms with Crippen LogP contribution in [0.15, 0.2) is 12.3 Å². The molecular formula is C9H12N4O. The average Bonchev–Trinajstić information content (AvgIpc) is 2.26. The van der Waals surface area contributed by atoms with E-state index in [9.17, 15) is 5.11 Å². The van der Waals surface area contributed by atoms with Crippen molar-refractivity contribution in [2.75, 3.05) is 11.9 Å². The van der Waals surface area contributed by atoms with Gasteiger partial charge in [0, 0.05) is 12.7 Å². The molecule has 0 spiro atoms. The number of hydrogen-bond acceptors (Lipinski definition) is 5. The fourth-order valence-electron chi connectivity index (χ4n) is 0.860. The van der Waals surface area contributed by atoms with Crippen LogP contribution >= 0.6 is 0 Å². The minimum atomic E-state index is -0.413. The molecule has 5 nitrogen and oxygen atoms in total. The minimum absolute atomic E-state index is 0.313. The lowest BCUT2D eigenvalue weighted by atomic mass is 10.3. The van der Waals surface area contributed by atoms with Crippen LogP contribution < -0.4 is 5.32 Å². The lowest BCUT2D eigenvalue weighted by Gasteiger charge is -2.08. The third-order valence-electron chi connectivity index (χ3n) is 1.74. The summed E-state index contributed by atoms with van der Waals surface area (Å²) in [6.07, 6.45) is 1.77. The average molecular weight is 192 g/mol. The van der Waals surface area contributed by atoms with Gasteiger partial charge < -0.3 is 10.4 Å². The van der Waals surface area contributed by atoms with E-state index in [0.29, 0.717) is 24.6 Å². The molecule has 5 heteroatoms. The van der Waals surface area contributed by atoms with Crippen LogP contribution in [0.5, 0.6) is 0 Å². The van der Waals surface area contributed by atoms with Gasteiger partial charge in [0.05, 0.1) is 6.10 Å². The van der Waals surface area contributed by atoms with Crippen LogP contribution in [0.4, 0.5) is 5.95 Å². The van der Waals surface area contributed by atoms with Gasteiger partial charge in [0.2, 0.25) is 5.95 Å². The molecule has 0 fully saturated rings. The number of aliphatic hydroxyl groups excluding tert-OH is 1. The van der Waals surface area contributed by atoms with Gasteiger partial charge in [-0.25, -0.2) is 9.97 Å². The molecule has 0 bridgehead atoms. The van der Waals surface area contributed by atoms with E-state index in [1.165, 1.54) is 12.3 Å². The Labute approximate surface area is 82.4 Å². The molecule has 1 atom stereocenters. The van der Waals surface area contributed by atoms with Crippen LogP contribution in [0.25, 0.3) is 0 Å². The second kappa shape index (κ2) is 5.14. The zero-order valence-electron chi connectivity index (χ0n) is 7.94. The summed E-state index contributed by atoms with van der Waals surface area (Å²) in [4.78, 5) is 7.81. The quantitative estimate of drug-likeness (QED) is 0.727. The molecule has 1 heterocycles. The highest BCUT2D eigenvalue weighted by molar-refractivity contribution is 5.29. The standard InChI is InChI=1S/C9H12N4O/c1-2-8(14)6-12-9-11-4-3-7(5-10)13-9/h3-4,8,14H,2,6H2,1H3,(H,11,12,13). The molecule has 1 unspecified atom stereocenters. The van der Waals surface area contributed by atoms with Gasteiger partial charge in [-0.3, -0.25) is 0 Å². The topological polar surface area (TPSA) is 81.8 Å². The number of aromatic nitrogens is 2. The number of hydrogen-bond donors (Lipinski definition) is 2. The molecule has 1 aromatic heterocycles. The molecule has 0 aromatic carbocycles. The van der Waals surface area contributed by atoms with Crippen molar-refractivity contribution in [3.8, 4) is 6.07 Å². The van der Waals surface area contributed by atoms with Crippen molar-refractivity contribution >= 4 is 5.95 Å². The molecule has 0 saturated heterocycles. The monoisotopic (exact) mass is 192 g/mol. The Morgan fingerprint density at radius 2 is 2.50 bits per heavy atom. The van der Waals surface area contributed by atoms with Crippen molar-refractivity contribution in [2.45, 2.75) is 19.4 Å². The van der Waals surface area contributed by atoms with Gasteiger partial charge in [0.25, 0.3) is 0 Å². The second-order valence-corrected chi connectivity index (χ2v) is 2.82. The first-order valence-electron chi connectivity index (χ1n) is 4.41. The highest BCUT2D eigenvalue weighted by Gasteiger charge is 2.02. The molecular weight excluding hydrogens is 180 g/mol. The predicted octanol–water partition coefficient (Wildman–Crippen LogP) is 0.531. The molecule has 2 N–H and O–H groups in total. The Balaban J connectivity index is 2.55. The summed E-state index contributed by atoms with van der Waals surface area (Å²) in [5.74, 6) is 0.372. The van der Waals surface area contributed by atoms with Crippen LogP contribution in [-0.2, 0) is 0 Å². The first kappa shape index (κ1) is 10.4. The number of nitrogens with one attached hydrogen (secondary N) is 1. The highest BCUT2D eigenvalue weighted by atomic mass is 16.3. The Kier molecular flexibility index (Phi) is 3.83. The fourth-order valence-corrected chi connectivity index (χ4v) is 0.860. The van der Waals surface area contributed by atoms with Crippen molar-refractivity contribution in [1.82, 2.24) is 9.97 Å². The minimum Gasteiger partial charge on any atom is -0.391 e. The largest absolute Gasteiger partial charge is 0.391 e. The van der Waals surface area contributed by atoms with Crippen LogP contribution in [0.3, 0.4) is 0 Å². The van der Waals surface area contributed by atoms with E-state index in [-0.39, 0.29) is 0 Å². The van der Waals surface area contributed by atoms with Gasteiger partial charge in [0.1, 0.15) is 11.8 Å². The van der Waals surface area contributed by atoms with Crippen LogP contribution in [-0.4, -0.2) is 27.7 Å². The summed E-state index contributed by atoms with van der Waals surface area (Å²) in [6, 6.07) is 3.44. The fraction of sp³-hybridized carbons (Fsp3) is 0.444. The predicted molar refractivity (Wildman–Crippen MR) is 51.5 cm³/mol. The molecule has 0 radical (unpaired) electrons. The molecule has 0 saturated carbocycles. The van der Waals surface area contributed by atoms with Gasteiger partial charge in [0.15, 0.2) is 0 Å². The van der Waals surface area contributed by atoms with Crippen LogP contribution in [0.2, 0.25) is 0 Å². The number of rotatable bonds is 4. The van der Waals surface area contributed by atoms with Gasteiger partial charge in [-0.05, 0) is 12.5 Å². The Morgan fingerprint density at radius 3 is 3.14 bits per heavy atom. The summed E-state index contributed by atoms with van der Waals surface area (Å²) in [7, 11) is 0. The molecule has 0 aliphatic carbocycles. The third kappa shape index (κ3) is 2.99. The Bertz CT molecular complexity index is 334. The van der Waals surface area contributed by atoms with Crippen molar-refractivity contribution in [2.24, 2.45) is 0 Å². The van der Waals surface area contributed by atoms with E-state index in [1.807, 2.05) is 13.0 Å². The molecule has 0 amide bonds. The van der Waals surface area contributed by atoms with Crippen molar-refractivity contribution < 1.29 is 5.11 Å². The molecule has 0 aliphatic heterocycles. The molecule has 74 valence electrons. The second-order valence-electron chi connectivity index (χ2n) is 2.82. The summed E-state index contributed by atoms with van der Waals surface area (Å²) < 4.78 is 0. The maximum atomic E-state index is 9.26. The number of anilines is 1. The molecule has 14 heavy (non-hydrogen) atoms. The van der Waals surface area contributed by atoms with E-state index in [4.69, 9.17) is 5.26 Å². The first-order valence-corrected chi connectivity index (χ1v) is 4.41. The van der Waals surface area contributed by atoms with Crippen molar-refractivity contribution in [1.29, 1.82) is 5.26 Å². The lowest BCUT2D eigenvalue weighted by molar-refractivity contribution is 0.183. The van der Waals surface area contributed by atoms with Crippen molar-refractivity contribution in [3.05, 3.63) is 18.0 Å². The number of nitrogens with zero attached hydrogens (tertiary/aromatic N) is 3. The van der Waals surface area contributed by atoms with Crippen LogP contribution in [0, 0.1) is 11.3 Å².